The van der Waals surface area contributed by atoms with E-state index in [1.165, 1.54) is 0 Å². The Hall–Kier alpha value is -1.56. The number of likely N-dealkylation sites (tertiary alicyclic amines) is 1. The first kappa shape index (κ1) is 14.8. The number of rotatable bonds is 5. The summed E-state index contributed by atoms with van der Waals surface area (Å²) in [5.41, 5.74) is 6.37. The van der Waals surface area contributed by atoms with Crippen LogP contribution in [-0.4, -0.2) is 47.2 Å². The zero-order chi connectivity index (χ0) is 14.7. The predicted molar refractivity (Wildman–Crippen MR) is 77.6 cm³/mol. The third kappa shape index (κ3) is 2.95. The molecule has 0 saturated carbocycles. The summed E-state index contributed by atoms with van der Waals surface area (Å²) in [6, 6.07) is 0. The largest absolute Gasteiger partial charge is 0.461 e. The van der Waals surface area contributed by atoms with E-state index < -0.39 is 5.97 Å². The van der Waals surface area contributed by atoms with Crippen LogP contribution in [-0.2, 0) is 17.7 Å². The van der Waals surface area contributed by atoms with Crippen molar-refractivity contribution in [2.45, 2.75) is 33.2 Å². The number of aryl methyl sites for hydroxylation is 1. The summed E-state index contributed by atoms with van der Waals surface area (Å²) < 4.78 is 6.99. The maximum Gasteiger partial charge on any atom is 0.360 e. The van der Waals surface area contributed by atoms with Gasteiger partial charge in [0.1, 0.15) is 11.6 Å². The van der Waals surface area contributed by atoms with Crippen molar-refractivity contribution in [3.63, 3.8) is 0 Å². The fourth-order valence-corrected chi connectivity index (χ4v) is 2.77. The second kappa shape index (κ2) is 6.26. The van der Waals surface area contributed by atoms with Gasteiger partial charge < -0.3 is 19.9 Å². The van der Waals surface area contributed by atoms with Gasteiger partial charge in [-0.1, -0.05) is 6.92 Å². The first-order valence-corrected chi connectivity index (χ1v) is 7.27. The topological polar surface area (TPSA) is 73.4 Å². The average molecular weight is 280 g/mol. The van der Waals surface area contributed by atoms with Gasteiger partial charge in [0.15, 0.2) is 5.69 Å². The number of imidazole rings is 1. The van der Waals surface area contributed by atoms with Crippen LogP contribution in [0.15, 0.2) is 0 Å². The quantitative estimate of drug-likeness (QED) is 0.819. The molecule has 112 valence electrons. The molecule has 1 unspecified atom stereocenters. The Morgan fingerprint density at radius 1 is 1.50 bits per heavy atom. The summed E-state index contributed by atoms with van der Waals surface area (Å²) in [4.78, 5) is 18.5. The van der Waals surface area contributed by atoms with E-state index in [1.807, 2.05) is 11.5 Å². The highest BCUT2D eigenvalue weighted by Gasteiger charge is 2.25. The first-order valence-electron chi connectivity index (χ1n) is 7.27. The normalized spacial score (nSPS) is 19.4. The molecular weight excluding hydrogens is 256 g/mol. The maximum absolute atomic E-state index is 11.8. The van der Waals surface area contributed by atoms with E-state index in [-0.39, 0.29) is 5.69 Å². The lowest BCUT2D eigenvalue weighted by molar-refractivity contribution is 0.0521. The Kier molecular flexibility index (Phi) is 4.65. The fourth-order valence-electron chi connectivity index (χ4n) is 2.77. The van der Waals surface area contributed by atoms with Crippen LogP contribution >= 0.6 is 0 Å². The number of carbonyl (C=O) groups is 1. The minimum Gasteiger partial charge on any atom is -0.461 e. The average Bonchev–Trinajstić information content (AvgIpc) is 2.96. The van der Waals surface area contributed by atoms with E-state index in [4.69, 9.17) is 10.5 Å². The molecule has 2 rings (SSSR count). The van der Waals surface area contributed by atoms with Crippen molar-refractivity contribution in [1.82, 2.24) is 14.5 Å². The molecule has 1 fully saturated rings. The molecule has 1 aliphatic heterocycles. The number of anilines is 1. The molecule has 1 atom stereocenters. The third-order valence-electron chi connectivity index (χ3n) is 3.80. The highest BCUT2D eigenvalue weighted by molar-refractivity contribution is 5.92. The van der Waals surface area contributed by atoms with Gasteiger partial charge in [-0.2, -0.15) is 0 Å². The number of esters is 1. The zero-order valence-corrected chi connectivity index (χ0v) is 12.6. The van der Waals surface area contributed by atoms with Crippen LogP contribution in [0.3, 0.4) is 0 Å². The number of hydrogen-bond donors (Lipinski definition) is 1. The van der Waals surface area contributed by atoms with Gasteiger partial charge in [-0.15, -0.1) is 0 Å². The lowest BCUT2D eigenvalue weighted by Gasteiger charge is -2.14. The van der Waals surface area contributed by atoms with E-state index in [0.29, 0.717) is 18.3 Å². The summed E-state index contributed by atoms with van der Waals surface area (Å²) in [5, 5.41) is 0. The molecule has 0 spiro atoms. The van der Waals surface area contributed by atoms with Gasteiger partial charge in [0.2, 0.25) is 0 Å². The van der Waals surface area contributed by atoms with Crippen LogP contribution in [0.5, 0.6) is 0 Å². The predicted octanol–water partition coefficient (Wildman–Crippen LogP) is 1.16. The first-order chi connectivity index (χ1) is 9.56. The molecule has 0 radical (unpaired) electrons. The number of nitrogens with two attached hydrogens (primary N) is 1. The molecule has 0 amide bonds. The minimum atomic E-state index is -0.429. The highest BCUT2D eigenvalue weighted by Crippen LogP contribution is 2.22. The van der Waals surface area contributed by atoms with E-state index in [0.717, 1.165) is 38.3 Å². The standard InChI is InChI=1S/C14H24N4O2/c1-4-11-16-12(14(19)20-5-2)13(15)18(11)9-10-6-7-17(3)8-10/h10H,4-9,15H2,1-3H3. The Bertz CT molecular complexity index is 484. The summed E-state index contributed by atoms with van der Waals surface area (Å²) in [7, 11) is 2.13. The smallest absolute Gasteiger partial charge is 0.360 e. The SMILES string of the molecule is CCOC(=O)c1nc(CC)n(CC2CCN(C)C2)c1N. The van der Waals surface area contributed by atoms with Crippen molar-refractivity contribution in [1.29, 1.82) is 0 Å². The van der Waals surface area contributed by atoms with E-state index in [9.17, 15) is 4.79 Å². The van der Waals surface area contributed by atoms with Crippen LogP contribution in [0.4, 0.5) is 5.82 Å². The van der Waals surface area contributed by atoms with Crippen LogP contribution < -0.4 is 5.73 Å². The van der Waals surface area contributed by atoms with Crippen molar-refractivity contribution < 1.29 is 9.53 Å². The Morgan fingerprint density at radius 3 is 2.80 bits per heavy atom. The number of nitrogens with zero attached hydrogens (tertiary/aromatic N) is 3. The van der Waals surface area contributed by atoms with Gasteiger partial charge in [-0.25, -0.2) is 9.78 Å². The summed E-state index contributed by atoms with van der Waals surface area (Å²) in [6.07, 6.45) is 1.91. The lowest BCUT2D eigenvalue weighted by Crippen LogP contribution is -2.19. The second-order valence-electron chi connectivity index (χ2n) is 5.36. The van der Waals surface area contributed by atoms with Gasteiger partial charge in [0.05, 0.1) is 6.61 Å². The number of aromatic nitrogens is 2. The zero-order valence-electron chi connectivity index (χ0n) is 12.6. The van der Waals surface area contributed by atoms with E-state index in [1.54, 1.807) is 6.92 Å². The summed E-state index contributed by atoms with van der Waals surface area (Å²) in [5.74, 6) is 1.44. The third-order valence-corrected chi connectivity index (χ3v) is 3.80. The molecule has 2 heterocycles. The molecule has 20 heavy (non-hydrogen) atoms. The fraction of sp³-hybridized carbons (Fsp3) is 0.714. The second-order valence-corrected chi connectivity index (χ2v) is 5.36. The van der Waals surface area contributed by atoms with Crippen molar-refractivity contribution in [2.75, 3.05) is 32.5 Å². The molecule has 0 bridgehead atoms. The van der Waals surface area contributed by atoms with Gasteiger partial charge in [-0.05, 0) is 32.9 Å². The molecule has 0 aliphatic carbocycles. The van der Waals surface area contributed by atoms with Crippen LogP contribution in [0.25, 0.3) is 0 Å². The lowest BCUT2D eigenvalue weighted by atomic mass is 10.1. The van der Waals surface area contributed by atoms with E-state index in [2.05, 4.69) is 16.9 Å². The van der Waals surface area contributed by atoms with Crippen molar-refractivity contribution >= 4 is 11.8 Å². The molecule has 6 heteroatoms. The van der Waals surface area contributed by atoms with Crippen molar-refractivity contribution in [3.8, 4) is 0 Å². The Labute approximate surface area is 119 Å². The maximum atomic E-state index is 11.8. The van der Waals surface area contributed by atoms with Crippen molar-refractivity contribution in [2.24, 2.45) is 5.92 Å². The van der Waals surface area contributed by atoms with Crippen LogP contribution in [0, 0.1) is 5.92 Å². The van der Waals surface area contributed by atoms with Gasteiger partial charge in [0.25, 0.3) is 0 Å². The van der Waals surface area contributed by atoms with Gasteiger partial charge in [-0.3, -0.25) is 0 Å². The summed E-state index contributed by atoms with van der Waals surface area (Å²) in [6.45, 7) is 7.14. The minimum absolute atomic E-state index is 0.259. The van der Waals surface area contributed by atoms with Gasteiger partial charge in [0, 0.05) is 19.5 Å². The van der Waals surface area contributed by atoms with Gasteiger partial charge >= 0.3 is 5.97 Å². The molecule has 0 aromatic carbocycles. The number of nitrogen functional groups attached to an aromatic ring is 1. The monoisotopic (exact) mass is 280 g/mol. The molecule has 1 aliphatic rings. The van der Waals surface area contributed by atoms with Crippen molar-refractivity contribution in [3.05, 3.63) is 11.5 Å². The molecule has 2 N–H and O–H groups in total. The molecule has 1 saturated heterocycles. The van der Waals surface area contributed by atoms with Crippen LogP contribution in [0.1, 0.15) is 36.6 Å². The number of hydrogen-bond acceptors (Lipinski definition) is 5. The molecule has 1 aromatic heterocycles. The molecule has 1 aromatic rings. The van der Waals surface area contributed by atoms with Crippen LogP contribution in [0.2, 0.25) is 0 Å². The molecular formula is C14H24N4O2. The summed E-state index contributed by atoms with van der Waals surface area (Å²) >= 11 is 0. The Balaban J connectivity index is 2.20. The highest BCUT2D eigenvalue weighted by atomic mass is 16.5. The number of ether oxygens (including phenoxy) is 1. The van der Waals surface area contributed by atoms with E-state index >= 15 is 0 Å². The number of carbonyl (C=O) groups excluding carboxylic acids is 1. The Morgan fingerprint density at radius 2 is 2.25 bits per heavy atom. The molecule has 6 nitrogen and oxygen atoms in total.